The number of carbonyl (C=O) groups excluding carboxylic acids is 1. The molecular weight excluding hydrogens is 370 g/mol. The van der Waals surface area contributed by atoms with Gasteiger partial charge < -0.3 is 4.57 Å². The van der Waals surface area contributed by atoms with Crippen molar-refractivity contribution in [2.45, 2.75) is 46.1 Å². The quantitative estimate of drug-likeness (QED) is 0.281. The number of benzene rings is 1. The molecule has 2 nitrogen and oxygen atoms in total. The molecule has 0 saturated carbocycles. The number of hydrogen-bond acceptors (Lipinski definition) is 3. The summed E-state index contributed by atoms with van der Waals surface area (Å²) in [5, 5.41) is 1.35. The molecule has 1 aromatic carbocycles. The van der Waals surface area contributed by atoms with Crippen LogP contribution in [0, 0.1) is 5.92 Å². The molecule has 1 atom stereocenters. The van der Waals surface area contributed by atoms with Crippen LogP contribution in [-0.2, 0) is 6.54 Å². The summed E-state index contributed by atoms with van der Waals surface area (Å²) >= 11 is 3.43. The van der Waals surface area contributed by atoms with Crippen molar-refractivity contribution in [2.24, 2.45) is 5.92 Å². The second kappa shape index (κ2) is 7.99. The molecule has 0 amide bonds. The molecule has 0 aliphatic rings. The van der Waals surface area contributed by atoms with Gasteiger partial charge in [0.15, 0.2) is 6.29 Å². The van der Waals surface area contributed by atoms with Crippen molar-refractivity contribution in [1.29, 1.82) is 0 Å². The van der Waals surface area contributed by atoms with Gasteiger partial charge in [0.25, 0.3) is 0 Å². The number of para-hydroxylation sites is 1. The van der Waals surface area contributed by atoms with E-state index >= 15 is 0 Å². The first-order valence-corrected chi connectivity index (χ1v) is 11.4. The Kier molecular flexibility index (Phi) is 5.46. The first-order chi connectivity index (χ1) is 13.2. The number of nitrogens with zero attached hydrogens (tertiary/aromatic N) is 1. The van der Waals surface area contributed by atoms with Gasteiger partial charge in [-0.1, -0.05) is 51.3 Å². The van der Waals surface area contributed by atoms with Gasteiger partial charge in [-0.25, -0.2) is 0 Å². The Hall–Kier alpha value is -1.91. The van der Waals surface area contributed by atoms with Crippen LogP contribution in [0.1, 0.15) is 49.2 Å². The molecule has 140 valence electrons. The SMILES string of the molecule is CCCCC(CC)Cn1c2ccccc2c2sc(-c3ccc(C=O)s3)cc21. The number of aldehydes is 1. The second-order valence-corrected chi connectivity index (χ2v) is 9.36. The molecule has 27 heavy (non-hydrogen) atoms. The van der Waals surface area contributed by atoms with Crippen molar-refractivity contribution >= 4 is 50.1 Å². The lowest BCUT2D eigenvalue weighted by molar-refractivity contribution is 0.112. The van der Waals surface area contributed by atoms with Crippen LogP contribution in [0.25, 0.3) is 30.9 Å². The summed E-state index contributed by atoms with van der Waals surface area (Å²) in [5.41, 5.74) is 2.69. The number of unbranched alkanes of at least 4 members (excludes halogenated alkanes) is 1. The van der Waals surface area contributed by atoms with E-state index in [0.717, 1.165) is 23.6 Å². The Morgan fingerprint density at radius 2 is 1.89 bits per heavy atom. The van der Waals surface area contributed by atoms with E-state index in [1.54, 1.807) is 11.3 Å². The predicted octanol–water partition coefficient (Wildman–Crippen LogP) is 7.61. The molecule has 1 unspecified atom stereocenters. The number of rotatable bonds is 8. The topological polar surface area (TPSA) is 22.0 Å². The third-order valence-corrected chi connectivity index (χ3v) is 7.78. The Morgan fingerprint density at radius 1 is 1.04 bits per heavy atom. The fourth-order valence-corrected chi connectivity index (χ4v) is 5.95. The van der Waals surface area contributed by atoms with E-state index in [9.17, 15) is 4.79 Å². The van der Waals surface area contributed by atoms with E-state index in [-0.39, 0.29) is 0 Å². The lowest BCUT2D eigenvalue weighted by Gasteiger charge is -2.17. The van der Waals surface area contributed by atoms with E-state index in [4.69, 9.17) is 0 Å². The minimum Gasteiger partial charge on any atom is -0.339 e. The average Bonchev–Trinajstić information content (AvgIpc) is 3.40. The molecule has 0 fully saturated rings. The second-order valence-electron chi connectivity index (χ2n) is 7.19. The fraction of sp³-hybridized carbons (Fsp3) is 0.348. The Morgan fingerprint density at radius 3 is 2.63 bits per heavy atom. The minimum absolute atomic E-state index is 0.718. The number of thiophene rings is 2. The van der Waals surface area contributed by atoms with Crippen molar-refractivity contribution < 1.29 is 4.79 Å². The molecule has 0 aliphatic heterocycles. The summed E-state index contributed by atoms with van der Waals surface area (Å²) in [4.78, 5) is 14.3. The Balaban J connectivity index is 1.81. The number of carbonyl (C=O) groups is 1. The van der Waals surface area contributed by atoms with E-state index in [1.807, 2.05) is 17.4 Å². The molecule has 0 spiro atoms. The summed E-state index contributed by atoms with van der Waals surface area (Å²) in [7, 11) is 0. The lowest BCUT2D eigenvalue weighted by atomic mass is 9.99. The van der Waals surface area contributed by atoms with Crippen LogP contribution in [0.3, 0.4) is 0 Å². The van der Waals surface area contributed by atoms with E-state index in [1.165, 1.54) is 56.6 Å². The molecule has 0 N–H and O–H groups in total. The normalized spacial score (nSPS) is 12.8. The van der Waals surface area contributed by atoms with Crippen LogP contribution >= 0.6 is 22.7 Å². The first kappa shape index (κ1) is 18.5. The molecule has 0 radical (unpaired) electrons. The highest BCUT2D eigenvalue weighted by molar-refractivity contribution is 7.27. The molecular formula is C23H25NOS2. The van der Waals surface area contributed by atoms with Gasteiger partial charge in [-0.15, -0.1) is 22.7 Å². The number of aromatic nitrogens is 1. The molecule has 0 saturated heterocycles. The number of hydrogen-bond donors (Lipinski definition) is 0. The largest absolute Gasteiger partial charge is 0.339 e. The van der Waals surface area contributed by atoms with Gasteiger partial charge in [0.1, 0.15) is 0 Å². The summed E-state index contributed by atoms with van der Waals surface area (Å²) in [6.07, 6.45) is 6.03. The molecule has 3 aromatic heterocycles. The van der Waals surface area contributed by atoms with Crippen LogP contribution in [0.15, 0.2) is 42.5 Å². The van der Waals surface area contributed by atoms with Crippen LogP contribution < -0.4 is 0 Å². The highest BCUT2D eigenvalue weighted by Gasteiger charge is 2.18. The van der Waals surface area contributed by atoms with Gasteiger partial charge in [0.2, 0.25) is 0 Å². The first-order valence-electron chi connectivity index (χ1n) is 9.81. The Bertz CT molecular complexity index is 1070. The van der Waals surface area contributed by atoms with Crippen LogP contribution in [0.4, 0.5) is 0 Å². The van der Waals surface area contributed by atoms with Crippen molar-refractivity contribution in [1.82, 2.24) is 4.57 Å². The molecule has 0 bridgehead atoms. The van der Waals surface area contributed by atoms with Gasteiger partial charge >= 0.3 is 0 Å². The van der Waals surface area contributed by atoms with Crippen molar-refractivity contribution in [3.63, 3.8) is 0 Å². The number of fused-ring (bicyclic) bond motifs is 3. The standard InChI is InChI=1S/C23H25NOS2/c1-3-5-8-16(4-2)14-24-19-10-7-6-9-18(19)23-20(24)13-22(27-23)21-12-11-17(15-25)26-21/h6-7,9-13,15-16H,3-5,8,14H2,1-2H3. The maximum absolute atomic E-state index is 11.1. The highest BCUT2D eigenvalue weighted by atomic mass is 32.1. The van der Waals surface area contributed by atoms with E-state index in [0.29, 0.717) is 0 Å². The lowest BCUT2D eigenvalue weighted by Crippen LogP contribution is -2.09. The third-order valence-electron chi connectivity index (χ3n) is 5.41. The smallest absolute Gasteiger partial charge is 0.160 e. The maximum Gasteiger partial charge on any atom is 0.160 e. The Labute approximate surface area is 168 Å². The molecule has 3 heterocycles. The van der Waals surface area contributed by atoms with Gasteiger partial charge in [-0.2, -0.15) is 0 Å². The summed E-state index contributed by atoms with van der Waals surface area (Å²) in [5.74, 6) is 0.718. The fourth-order valence-electron chi connectivity index (χ4n) is 3.85. The predicted molar refractivity (Wildman–Crippen MR) is 119 cm³/mol. The average molecular weight is 396 g/mol. The van der Waals surface area contributed by atoms with Crippen molar-refractivity contribution in [3.05, 3.63) is 47.3 Å². The molecule has 4 rings (SSSR count). The van der Waals surface area contributed by atoms with E-state index in [2.05, 4.69) is 54.8 Å². The zero-order chi connectivity index (χ0) is 18.8. The maximum atomic E-state index is 11.1. The highest BCUT2D eigenvalue weighted by Crippen LogP contribution is 2.42. The van der Waals surface area contributed by atoms with E-state index < -0.39 is 0 Å². The molecule has 4 aromatic rings. The van der Waals surface area contributed by atoms with Gasteiger partial charge in [-0.05, 0) is 36.6 Å². The zero-order valence-corrected chi connectivity index (χ0v) is 17.5. The summed E-state index contributed by atoms with van der Waals surface area (Å²) in [6, 6.07) is 15.1. The van der Waals surface area contributed by atoms with Crippen LogP contribution in [-0.4, -0.2) is 10.9 Å². The van der Waals surface area contributed by atoms with Crippen molar-refractivity contribution in [2.75, 3.05) is 0 Å². The summed E-state index contributed by atoms with van der Waals surface area (Å²) in [6.45, 7) is 5.67. The van der Waals surface area contributed by atoms with Gasteiger partial charge in [0.05, 0.1) is 15.1 Å². The zero-order valence-electron chi connectivity index (χ0n) is 15.9. The molecule has 0 aliphatic carbocycles. The van der Waals surface area contributed by atoms with Gasteiger partial charge in [0, 0.05) is 27.2 Å². The minimum atomic E-state index is 0.718. The molecule has 4 heteroatoms. The monoisotopic (exact) mass is 395 g/mol. The summed E-state index contributed by atoms with van der Waals surface area (Å²) < 4.78 is 3.90. The van der Waals surface area contributed by atoms with Crippen LogP contribution in [0.5, 0.6) is 0 Å². The third kappa shape index (κ3) is 3.48. The van der Waals surface area contributed by atoms with Crippen LogP contribution in [0.2, 0.25) is 0 Å². The van der Waals surface area contributed by atoms with Gasteiger partial charge in [-0.3, -0.25) is 4.79 Å². The van der Waals surface area contributed by atoms with Crippen molar-refractivity contribution in [3.8, 4) is 9.75 Å².